The Balaban J connectivity index is 1.71. The summed E-state index contributed by atoms with van der Waals surface area (Å²) in [6, 6.07) is 10.0. The zero-order chi connectivity index (χ0) is 20.1. The highest BCUT2D eigenvalue weighted by Gasteiger charge is 2.50. The number of rotatable bonds is 3. The molecule has 0 aliphatic carbocycles. The van der Waals surface area contributed by atoms with E-state index < -0.39 is 22.7 Å². The number of amides is 2. The number of nitro benzene ring substituents is 1. The lowest BCUT2D eigenvalue weighted by atomic mass is 9.90. The van der Waals surface area contributed by atoms with Crippen LogP contribution in [0.4, 0.5) is 16.2 Å². The Hall–Kier alpha value is -3.62. The minimum absolute atomic E-state index is 0.0546. The first kappa shape index (κ1) is 17.8. The number of carbonyl (C=O) groups is 2. The van der Waals surface area contributed by atoms with Crippen molar-refractivity contribution in [1.29, 1.82) is 0 Å². The van der Waals surface area contributed by atoms with Crippen molar-refractivity contribution < 1.29 is 24.0 Å². The van der Waals surface area contributed by atoms with Crippen LogP contribution in [0.1, 0.15) is 35.3 Å². The second kappa shape index (κ2) is 6.22. The summed E-state index contributed by atoms with van der Waals surface area (Å²) in [6.07, 6.45) is 0.408. The number of carbonyl (C=O) groups excluding carboxylic acids is 2. The van der Waals surface area contributed by atoms with Gasteiger partial charge in [-0.15, -0.1) is 0 Å². The van der Waals surface area contributed by atoms with Gasteiger partial charge in [-0.1, -0.05) is 0 Å². The first-order valence-electron chi connectivity index (χ1n) is 8.59. The fraction of sp³-hybridized carbons (Fsp3) is 0.263. The number of benzene rings is 2. The maximum atomic E-state index is 12.8. The number of fused-ring (bicyclic) bond motifs is 4. The van der Waals surface area contributed by atoms with E-state index in [1.54, 1.807) is 37.3 Å². The second-order valence-electron chi connectivity index (χ2n) is 6.84. The lowest BCUT2D eigenvalue weighted by molar-refractivity contribution is -0.385. The second-order valence-corrected chi connectivity index (χ2v) is 6.84. The van der Waals surface area contributed by atoms with E-state index in [2.05, 4.69) is 10.1 Å². The molecule has 0 unspecified atom stereocenters. The van der Waals surface area contributed by atoms with Gasteiger partial charge in [0, 0.05) is 29.8 Å². The monoisotopic (exact) mass is 383 g/mol. The lowest BCUT2D eigenvalue weighted by Gasteiger charge is -2.50. The first-order valence-corrected chi connectivity index (χ1v) is 8.59. The maximum absolute atomic E-state index is 12.8. The van der Waals surface area contributed by atoms with E-state index in [9.17, 15) is 19.7 Å². The van der Waals surface area contributed by atoms with Crippen LogP contribution in [-0.4, -0.2) is 29.8 Å². The van der Waals surface area contributed by atoms with Crippen LogP contribution in [0.15, 0.2) is 42.5 Å². The Bertz CT molecular complexity index is 990. The fourth-order valence-corrected chi connectivity index (χ4v) is 3.73. The third kappa shape index (κ3) is 2.72. The SMILES string of the molecule is COC(=O)c1ccc(N2C(=O)N[C@H]3C[C@@]2(C)Oc2ccc([N+](=O)[O-])cc23)cc1. The number of esters is 1. The van der Waals surface area contributed by atoms with Crippen LogP contribution in [0.2, 0.25) is 0 Å². The standard InChI is InChI=1S/C19H17N3O6/c1-19-10-15(14-9-13(22(25)26)7-8-16(14)28-19)20-18(24)21(19)12-5-3-11(4-6-12)17(23)27-2/h3-9,15H,10H2,1-2H3,(H,20,24)/t15-,19+/m0/s1. The fourth-order valence-electron chi connectivity index (χ4n) is 3.73. The third-order valence-corrected chi connectivity index (χ3v) is 5.01. The van der Waals surface area contributed by atoms with Crippen molar-refractivity contribution in [2.45, 2.75) is 25.1 Å². The van der Waals surface area contributed by atoms with Gasteiger partial charge in [-0.05, 0) is 37.3 Å². The molecule has 2 aliphatic heterocycles. The Labute approximate surface area is 160 Å². The summed E-state index contributed by atoms with van der Waals surface area (Å²) in [4.78, 5) is 36.5. The average molecular weight is 383 g/mol. The molecule has 2 aromatic rings. The summed E-state index contributed by atoms with van der Waals surface area (Å²) < 4.78 is 10.8. The summed E-state index contributed by atoms with van der Waals surface area (Å²) in [5, 5.41) is 13.9. The molecule has 0 radical (unpaired) electrons. The molecule has 0 aromatic heterocycles. The predicted octanol–water partition coefficient (Wildman–Crippen LogP) is 3.15. The molecule has 144 valence electrons. The van der Waals surface area contributed by atoms with Crippen molar-refractivity contribution >= 4 is 23.4 Å². The Morgan fingerprint density at radius 1 is 1.32 bits per heavy atom. The quantitative estimate of drug-likeness (QED) is 0.495. The van der Waals surface area contributed by atoms with Crippen molar-refractivity contribution in [3.05, 3.63) is 63.7 Å². The van der Waals surface area contributed by atoms with E-state index >= 15 is 0 Å². The summed E-state index contributed by atoms with van der Waals surface area (Å²) in [5.74, 6) is 0.0193. The topological polar surface area (TPSA) is 111 Å². The van der Waals surface area contributed by atoms with E-state index in [0.717, 1.165) is 0 Å². The number of nitro groups is 1. The summed E-state index contributed by atoms with van der Waals surface area (Å²) in [5.41, 5.74) is 0.468. The van der Waals surface area contributed by atoms with Gasteiger partial charge in [-0.2, -0.15) is 0 Å². The predicted molar refractivity (Wildman–Crippen MR) is 98.3 cm³/mol. The van der Waals surface area contributed by atoms with E-state index in [1.165, 1.54) is 24.1 Å². The highest BCUT2D eigenvalue weighted by molar-refractivity contribution is 5.96. The lowest BCUT2D eigenvalue weighted by Crippen LogP contribution is -2.65. The van der Waals surface area contributed by atoms with Gasteiger partial charge in [-0.3, -0.25) is 15.0 Å². The number of methoxy groups -OCH3 is 1. The molecule has 2 amide bonds. The van der Waals surface area contributed by atoms with E-state index in [1.807, 2.05) is 0 Å². The summed E-state index contributed by atoms with van der Waals surface area (Å²) in [7, 11) is 1.30. The van der Waals surface area contributed by atoms with Crippen LogP contribution in [0.5, 0.6) is 5.75 Å². The van der Waals surface area contributed by atoms with Gasteiger partial charge in [0.05, 0.1) is 23.6 Å². The molecule has 2 heterocycles. The Kier molecular flexibility index (Phi) is 3.95. The molecule has 1 N–H and O–H groups in total. The molecule has 2 atom stereocenters. The van der Waals surface area contributed by atoms with E-state index in [-0.39, 0.29) is 11.7 Å². The van der Waals surface area contributed by atoms with Crippen molar-refractivity contribution in [3.8, 4) is 5.75 Å². The highest BCUT2D eigenvalue weighted by Crippen LogP contribution is 2.46. The molecular weight excluding hydrogens is 366 g/mol. The molecule has 0 spiro atoms. The molecular formula is C19H17N3O6. The number of anilines is 1. The van der Waals surface area contributed by atoms with Crippen LogP contribution in [-0.2, 0) is 4.74 Å². The van der Waals surface area contributed by atoms with Crippen LogP contribution in [0, 0.1) is 10.1 Å². The number of ether oxygens (including phenoxy) is 2. The number of nitrogens with zero attached hydrogens (tertiary/aromatic N) is 2. The van der Waals surface area contributed by atoms with Crippen molar-refractivity contribution in [2.75, 3.05) is 12.0 Å². The number of nitrogens with one attached hydrogen (secondary N) is 1. The first-order chi connectivity index (χ1) is 13.3. The number of non-ortho nitro benzene ring substituents is 1. The zero-order valence-electron chi connectivity index (χ0n) is 15.2. The minimum Gasteiger partial charge on any atom is -0.467 e. The largest absolute Gasteiger partial charge is 0.467 e. The van der Waals surface area contributed by atoms with Gasteiger partial charge in [0.25, 0.3) is 5.69 Å². The van der Waals surface area contributed by atoms with Crippen LogP contribution in [0.3, 0.4) is 0 Å². The van der Waals surface area contributed by atoms with Gasteiger partial charge >= 0.3 is 12.0 Å². The van der Waals surface area contributed by atoms with Crippen molar-refractivity contribution in [1.82, 2.24) is 5.32 Å². The summed E-state index contributed by atoms with van der Waals surface area (Å²) >= 11 is 0. The van der Waals surface area contributed by atoms with Gasteiger partial charge in [0.2, 0.25) is 0 Å². The number of hydrogen-bond donors (Lipinski definition) is 1. The van der Waals surface area contributed by atoms with E-state index in [0.29, 0.717) is 29.0 Å². The molecule has 9 nitrogen and oxygen atoms in total. The average Bonchev–Trinajstić information content (AvgIpc) is 2.66. The highest BCUT2D eigenvalue weighted by atomic mass is 16.6. The Morgan fingerprint density at radius 3 is 2.68 bits per heavy atom. The molecule has 1 fully saturated rings. The molecule has 2 bridgehead atoms. The van der Waals surface area contributed by atoms with Gasteiger partial charge < -0.3 is 14.8 Å². The maximum Gasteiger partial charge on any atom is 0.337 e. The van der Waals surface area contributed by atoms with Gasteiger partial charge in [0.15, 0.2) is 5.72 Å². The van der Waals surface area contributed by atoms with Gasteiger partial charge in [0.1, 0.15) is 5.75 Å². The molecule has 9 heteroatoms. The smallest absolute Gasteiger partial charge is 0.337 e. The molecule has 1 saturated heterocycles. The minimum atomic E-state index is -0.983. The summed E-state index contributed by atoms with van der Waals surface area (Å²) in [6.45, 7) is 1.79. The number of hydrogen-bond acceptors (Lipinski definition) is 6. The van der Waals surface area contributed by atoms with Crippen LogP contribution < -0.4 is 15.0 Å². The van der Waals surface area contributed by atoms with E-state index in [4.69, 9.17) is 4.74 Å². The zero-order valence-corrected chi connectivity index (χ0v) is 15.2. The molecule has 2 aliphatic rings. The third-order valence-electron chi connectivity index (χ3n) is 5.01. The molecule has 2 aromatic carbocycles. The van der Waals surface area contributed by atoms with Crippen molar-refractivity contribution in [2.24, 2.45) is 0 Å². The molecule has 0 saturated carbocycles. The number of urea groups is 1. The van der Waals surface area contributed by atoms with Crippen LogP contribution in [0.25, 0.3) is 0 Å². The molecule has 28 heavy (non-hydrogen) atoms. The van der Waals surface area contributed by atoms with Crippen LogP contribution >= 0.6 is 0 Å². The Morgan fingerprint density at radius 2 is 2.04 bits per heavy atom. The van der Waals surface area contributed by atoms with Gasteiger partial charge in [-0.25, -0.2) is 9.59 Å². The van der Waals surface area contributed by atoms with Crippen molar-refractivity contribution in [3.63, 3.8) is 0 Å². The molecule has 4 rings (SSSR count). The normalized spacial score (nSPS) is 22.6.